The summed E-state index contributed by atoms with van der Waals surface area (Å²) in [5.41, 5.74) is -0.331. The highest BCUT2D eigenvalue weighted by atomic mass is 19.4. The Morgan fingerprint density at radius 2 is 1.81 bits per heavy atom. The summed E-state index contributed by atoms with van der Waals surface area (Å²) in [5, 5.41) is 12.0. The fraction of sp³-hybridized carbons (Fsp3) is 0.133. The SMILES string of the molecule is O=C(Cc1cccc(C(F)(F)F)c1)Nc1ccccc1O. The van der Waals surface area contributed by atoms with Gasteiger partial charge in [0.2, 0.25) is 5.91 Å². The van der Waals surface area contributed by atoms with Crippen LogP contribution in [0.3, 0.4) is 0 Å². The Labute approximate surface area is 119 Å². The zero-order valence-corrected chi connectivity index (χ0v) is 10.8. The van der Waals surface area contributed by atoms with E-state index in [2.05, 4.69) is 5.32 Å². The van der Waals surface area contributed by atoms with Gasteiger partial charge in [0.05, 0.1) is 17.7 Å². The number of benzene rings is 2. The molecule has 0 saturated carbocycles. The van der Waals surface area contributed by atoms with E-state index in [0.717, 1.165) is 12.1 Å². The second-order valence-electron chi connectivity index (χ2n) is 4.44. The second-order valence-corrected chi connectivity index (χ2v) is 4.44. The lowest BCUT2D eigenvalue weighted by molar-refractivity contribution is -0.137. The Kier molecular flexibility index (Phi) is 4.16. The summed E-state index contributed by atoms with van der Waals surface area (Å²) in [7, 11) is 0. The normalized spacial score (nSPS) is 11.2. The maximum Gasteiger partial charge on any atom is 0.416 e. The number of carbonyl (C=O) groups is 1. The number of halogens is 3. The van der Waals surface area contributed by atoms with Crippen molar-refractivity contribution in [2.75, 3.05) is 5.32 Å². The van der Waals surface area contributed by atoms with E-state index < -0.39 is 17.6 Å². The number of para-hydroxylation sites is 2. The largest absolute Gasteiger partial charge is 0.506 e. The highest BCUT2D eigenvalue weighted by Gasteiger charge is 2.30. The molecule has 0 heterocycles. The smallest absolute Gasteiger partial charge is 0.416 e. The summed E-state index contributed by atoms with van der Waals surface area (Å²) in [5.74, 6) is -0.606. The zero-order valence-electron chi connectivity index (χ0n) is 10.8. The lowest BCUT2D eigenvalue weighted by Gasteiger charge is -2.09. The number of aromatic hydroxyl groups is 1. The van der Waals surface area contributed by atoms with E-state index in [-0.39, 0.29) is 23.4 Å². The standard InChI is InChI=1S/C15H12F3NO2/c16-15(17,18)11-5-3-4-10(8-11)9-14(21)19-12-6-1-2-7-13(12)20/h1-8,20H,9H2,(H,19,21). The molecule has 0 fully saturated rings. The number of amides is 1. The molecule has 0 aliphatic heterocycles. The van der Waals surface area contributed by atoms with E-state index in [9.17, 15) is 23.1 Å². The quantitative estimate of drug-likeness (QED) is 0.850. The van der Waals surface area contributed by atoms with Crippen LogP contribution in [0, 0.1) is 0 Å². The van der Waals surface area contributed by atoms with E-state index in [1.807, 2.05) is 0 Å². The third-order valence-electron chi connectivity index (χ3n) is 2.80. The lowest BCUT2D eigenvalue weighted by atomic mass is 10.1. The number of phenols is 1. The summed E-state index contributed by atoms with van der Waals surface area (Å²) in [6, 6.07) is 10.7. The van der Waals surface area contributed by atoms with E-state index in [0.29, 0.717) is 0 Å². The lowest BCUT2D eigenvalue weighted by Crippen LogP contribution is -2.15. The van der Waals surface area contributed by atoms with Crippen molar-refractivity contribution in [3.8, 4) is 5.75 Å². The zero-order chi connectivity index (χ0) is 15.5. The Hall–Kier alpha value is -2.50. The number of hydrogen-bond acceptors (Lipinski definition) is 2. The highest BCUT2D eigenvalue weighted by molar-refractivity contribution is 5.93. The van der Waals surface area contributed by atoms with Crippen molar-refractivity contribution in [2.45, 2.75) is 12.6 Å². The van der Waals surface area contributed by atoms with Gasteiger partial charge in [0.15, 0.2) is 0 Å². The second kappa shape index (κ2) is 5.87. The summed E-state index contributed by atoms with van der Waals surface area (Å²) in [6.07, 6.45) is -4.65. The molecule has 0 bridgehead atoms. The van der Waals surface area contributed by atoms with Gasteiger partial charge in [-0.05, 0) is 23.8 Å². The highest BCUT2D eigenvalue weighted by Crippen LogP contribution is 2.29. The van der Waals surface area contributed by atoms with E-state index in [1.54, 1.807) is 12.1 Å². The fourth-order valence-electron chi connectivity index (χ4n) is 1.82. The van der Waals surface area contributed by atoms with E-state index in [4.69, 9.17) is 0 Å². The van der Waals surface area contributed by atoms with Crippen molar-refractivity contribution in [3.05, 3.63) is 59.7 Å². The molecule has 3 nitrogen and oxygen atoms in total. The molecule has 2 rings (SSSR count). The van der Waals surface area contributed by atoms with Crippen molar-refractivity contribution in [1.82, 2.24) is 0 Å². The van der Waals surface area contributed by atoms with E-state index in [1.165, 1.54) is 24.3 Å². The molecule has 2 N–H and O–H groups in total. The van der Waals surface area contributed by atoms with E-state index >= 15 is 0 Å². The third kappa shape index (κ3) is 3.98. The van der Waals surface area contributed by atoms with Crippen LogP contribution in [0.1, 0.15) is 11.1 Å². The molecule has 0 radical (unpaired) electrons. The van der Waals surface area contributed by atoms with Crippen LogP contribution in [-0.2, 0) is 17.4 Å². The first-order chi connectivity index (χ1) is 9.86. The van der Waals surface area contributed by atoms with Crippen molar-refractivity contribution in [2.24, 2.45) is 0 Å². The van der Waals surface area contributed by atoms with Crippen molar-refractivity contribution < 1.29 is 23.1 Å². The molecule has 110 valence electrons. The van der Waals surface area contributed by atoms with Crippen LogP contribution in [0.25, 0.3) is 0 Å². The third-order valence-corrected chi connectivity index (χ3v) is 2.80. The topological polar surface area (TPSA) is 49.3 Å². The average Bonchev–Trinajstić information content (AvgIpc) is 2.41. The molecule has 2 aromatic carbocycles. The van der Waals surface area contributed by atoms with Crippen molar-refractivity contribution in [1.29, 1.82) is 0 Å². The van der Waals surface area contributed by atoms with Crippen LogP contribution in [-0.4, -0.2) is 11.0 Å². The molecule has 0 aromatic heterocycles. The molecule has 0 unspecified atom stereocenters. The number of anilines is 1. The summed E-state index contributed by atoms with van der Waals surface area (Å²) in [6.45, 7) is 0. The van der Waals surface area contributed by atoms with Crippen LogP contribution in [0.2, 0.25) is 0 Å². The molecular weight excluding hydrogens is 283 g/mol. The van der Waals surface area contributed by atoms with Crippen LogP contribution < -0.4 is 5.32 Å². The number of hydrogen-bond donors (Lipinski definition) is 2. The Morgan fingerprint density at radius 3 is 2.48 bits per heavy atom. The molecule has 0 aliphatic carbocycles. The summed E-state index contributed by atoms with van der Waals surface area (Å²) < 4.78 is 37.7. The van der Waals surface area contributed by atoms with Gasteiger partial charge in [-0.1, -0.05) is 30.3 Å². The average molecular weight is 295 g/mol. The van der Waals surface area contributed by atoms with Crippen LogP contribution in [0.15, 0.2) is 48.5 Å². The number of carbonyl (C=O) groups excluding carboxylic acids is 1. The predicted octanol–water partition coefficient (Wildman–Crippen LogP) is 3.59. The minimum Gasteiger partial charge on any atom is -0.506 e. The maximum absolute atomic E-state index is 12.6. The molecule has 1 amide bonds. The first kappa shape index (κ1) is 14.9. The minimum atomic E-state index is -4.44. The number of nitrogens with one attached hydrogen (secondary N) is 1. The van der Waals surface area contributed by atoms with Gasteiger partial charge >= 0.3 is 6.18 Å². The summed E-state index contributed by atoms with van der Waals surface area (Å²) >= 11 is 0. The molecular formula is C15H12F3NO2. The van der Waals surface area contributed by atoms with Gasteiger partial charge in [-0.2, -0.15) is 13.2 Å². The van der Waals surface area contributed by atoms with Gasteiger partial charge in [-0.15, -0.1) is 0 Å². The van der Waals surface area contributed by atoms with Crippen molar-refractivity contribution >= 4 is 11.6 Å². The molecule has 2 aromatic rings. The molecule has 0 saturated heterocycles. The number of rotatable bonds is 3. The fourth-order valence-corrected chi connectivity index (χ4v) is 1.82. The Balaban J connectivity index is 2.08. The monoisotopic (exact) mass is 295 g/mol. The van der Waals surface area contributed by atoms with Gasteiger partial charge in [-0.3, -0.25) is 4.79 Å². The Bertz CT molecular complexity index is 653. The van der Waals surface area contributed by atoms with Gasteiger partial charge < -0.3 is 10.4 Å². The Morgan fingerprint density at radius 1 is 1.10 bits per heavy atom. The maximum atomic E-state index is 12.6. The molecule has 0 atom stereocenters. The first-order valence-corrected chi connectivity index (χ1v) is 6.10. The summed E-state index contributed by atoms with van der Waals surface area (Å²) in [4.78, 5) is 11.8. The van der Waals surface area contributed by atoms with Gasteiger partial charge in [0.1, 0.15) is 5.75 Å². The predicted molar refractivity (Wildman–Crippen MR) is 71.9 cm³/mol. The number of phenolic OH excluding ortho intramolecular Hbond substituents is 1. The van der Waals surface area contributed by atoms with Crippen molar-refractivity contribution in [3.63, 3.8) is 0 Å². The minimum absolute atomic E-state index is 0.102. The molecule has 21 heavy (non-hydrogen) atoms. The van der Waals surface area contributed by atoms with Crippen LogP contribution >= 0.6 is 0 Å². The van der Waals surface area contributed by atoms with Gasteiger partial charge in [-0.25, -0.2) is 0 Å². The molecule has 0 aliphatic rings. The molecule has 6 heteroatoms. The van der Waals surface area contributed by atoms with Crippen LogP contribution in [0.4, 0.5) is 18.9 Å². The van der Waals surface area contributed by atoms with Crippen LogP contribution in [0.5, 0.6) is 5.75 Å². The van der Waals surface area contributed by atoms with Gasteiger partial charge in [0, 0.05) is 0 Å². The molecule has 0 spiro atoms. The number of alkyl halides is 3. The van der Waals surface area contributed by atoms with Gasteiger partial charge in [0.25, 0.3) is 0 Å². The first-order valence-electron chi connectivity index (χ1n) is 6.10.